The maximum atomic E-state index is 11.7. The number of halogens is 1. The van der Waals surface area contributed by atoms with E-state index in [0.717, 1.165) is 0 Å². The number of hydrogen-bond donors (Lipinski definition) is 1. The molecule has 0 amide bonds. The SMILES string of the molecule is CCOC(=O)/C=C(/CNCCCC(=O)OCOC)Oc1ccccc1Cl. The molecule has 0 aliphatic rings. The molecule has 8 heteroatoms. The Kier molecular flexibility index (Phi) is 11.1. The second-order valence-corrected chi connectivity index (χ2v) is 5.51. The summed E-state index contributed by atoms with van der Waals surface area (Å²) in [7, 11) is 1.45. The van der Waals surface area contributed by atoms with Gasteiger partial charge in [0, 0.05) is 13.5 Å². The molecule has 0 bridgehead atoms. The number of methoxy groups -OCH3 is 1. The van der Waals surface area contributed by atoms with Crippen LogP contribution >= 0.6 is 11.6 Å². The summed E-state index contributed by atoms with van der Waals surface area (Å²) in [5.41, 5.74) is 0. The minimum Gasteiger partial charge on any atom is -0.463 e. The van der Waals surface area contributed by atoms with Gasteiger partial charge in [-0.15, -0.1) is 0 Å². The lowest BCUT2D eigenvalue weighted by Crippen LogP contribution is -2.22. The van der Waals surface area contributed by atoms with Crippen LogP contribution in [0.15, 0.2) is 36.1 Å². The standard InChI is InChI=1S/C18H24ClNO6/c1-3-24-18(22)11-14(26-16-8-5-4-7-15(16)19)12-20-10-6-9-17(21)25-13-23-2/h4-5,7-8,11,20H,3,6,9-10,12-13H2,1-2H3/b14-11-. The number of carbonyl (C=O) groups excluding carboxylic acids is 2. The van der Waals surface area contributed by atoms with Crippen LogP contribution in [-0.2, 0) is 23.8 Å². The number of nitrogens with one attached hydrogen (secondary N) is 1. The topological polar surface area (TPSA) is 83.1 Å². The van der Waals surface area contributed by atoms with E-state index in [1.807, 2.05) is 0 Å². The number of hydrogen-bond acceptors (Lipinski definition) is 7. The fraction of sp³-hybridized carbons (Fsp3) is 0.444. The maximum Gasteiger partial charge on any atom is 0.334 e. The average molecular weight is 386 g/mol. The van der Waals surface area contributed by atoms with E-state index in [2.05, 4.69) is 10.1 Å². The minimum absolute atomic E-state index is 0.0512. The van der Waals surface area contributed by atoms with E-state index < -0.39 is 5.97 Å². The van der Waals surface area contributed by atoms with Gasteiger partial charge in [0.15, 0.2) is 6.79 Å². The molecule has 1 N–H and O–H groups in total. The van der Waals surface area contributed by atoms with Gasteiger partial charge in [-0.25, -0.2) is 4.79 Å². The van der Waals surface area contributed by atoms with Gasteiger partial charge in [0.25, 0.3) is 0 Å². The summed E-state index contributed by atoms with van der Waals surface area (Å²) in [6.07, 6.45) is 2.10. The first kappa shape index (κ1) is 22.0. The van der Waals surface area contributed by atoms with Crippen molar-refractivity contribution in [2.45, 2.75) is 19.8 Å². The molecule has 0 saturated carbocycles. The van der Waals surface area contributed by atoms with Crippen LogP contribution in [0.4, 0.5) is 0 Å². The molecule has 0 unspecified atom stereocenters. The molecule has 26 heavy (non-hydrogen) atoms. The van der Waals surface area contributed by atoms with Crippen LogP contribution in [0.1, 0.15) is 19.8 Å². The van der Waals surface area contributed by atoms with E-state index in [1.165, 1.54) is 13.2 Å². The van der Waals surface area contributed by atoms with E-state index in [1.54, 1.807) is 31.2 Å². The molecule has 0 aliphatic carbocycles. The van der Waals surface area contributed by atoms with E-state index >= 15 is 0 Å². The van der Waals surface area contributed by atoms with Gasteiger partial charge in [-0.05, 0) is 32.0 Å². The largest absolute Gasteiger partial charge is 0.463 e. The van der Waals surface area contributed by atoms with Crippen molar-refractivity contribution in [3.05, 3.63) is 41.1 Å². The van der Waals surface area contributed by atoms with Gasteiger partial charge in [0.05, 0.1) is 24.3 Å². The predicted molar refractivity (Wildman–Crippen MR) is 96.9 cm³/mol. The number of esters is 2. The second-order valence-electron chi connectivity index (χ2n) is 5.10. The highest BCUT2D eigenvalue weighted by Gasteiger charge is 2.09. The molecular weight excluding hydrogens is 362 g/mol. The Labute approximate surface area is 158 Å². The highest BCUT2D eigenvalue weighted by atomic mass is 35.5. The zero-order valence-corrected chi connectivity index (χ0v) is 15.7. The first-order valence-corrected chi connectivity index (χ1v) is 8.59. The zero-order valence-electron chi connectivity index (χ0n) is 15.0. The van der Waals surface area contributed by atoms with Gasteiger partial charge < -0.3 is 24.3 Å². The quantitative estimate of drug-likeness (QED) is 0.195. The number of rotatable bonds is 12. The fourth-order valence-electron chi connectivity index (χ4n) is 1.87. The van der Waals surface area contributed by atoms with Crippen LogP contribution in [0, 0.1) is 0 Å². The molecule has 1 aromatic rings. The summed E-state index contributed by atoms with van der Waals surface area (Å²) in [4.78, 5) is 23.0. The maximum absolute atomic E-state index is 11.7. The summed E-state index contributed by atoms with van der Waals surface area (Å²) in [6.45, 7) is 2.75. The van der Waals surface area contributed by atoms with Crippen LogP contribution in [-0.4, -0.2) is 45.5 Å². The van der Waals surface area contributed by atoms with Crippen LogP contribution < -0.4 is 10.1 Å². The molecule has 0 aromatic heterocycles. The van der Waals surface area contributed by atoms with Gasteiger partial charge in [0.2, 0.25) is 0 Å². The first-order chi connectivity index (χ1) is 12.6. The molecule has 0 heterocycles. The van der Waals surface area contributed by atoms with Crippen LogP contribution in [0.3, 0.4) is 0 Å². The second kappa shape index (κ2) is 13.2. The highest BCUT2D eigenvalue weighted by Crippen LogP contribution is 2.25. The van der Waals surface area contributed by atoms with Gasteiger partial charge in [-0.1, -0.05) is 23.7 Å². The van der Waals surface area contributed by atoms with Crippen LogP contribution in [0.2, 0.25) is 5.02 Å². The van der Waals surface area contributed by atoms with Crippen LogP contribution in [0.25, 0.3) is 0 Å². The van der Waals surface area contributed by atoms with E-state index in [0.29, 0.717) is 29.5 Å². The van der Waals surface area contributed by atoms with Crippen molar-refractivity contribution in [1.29, 1.82) is 0 Å². The lowest BCUT2D eigenvalue weighted by molar-refractivity contribution is -0.154. The van der Waals surface area contributed by atoms with Crippen molar-refractivity contribution >= 4 is 23.5 Å². The normalized spacial score (nSPS) is 11.1. The summed E-state index contributed by atoms with van der Waals surface area (Å²) in [5.74, 6) is -0.0316. The summed E-state index contributed by atoms with van der Waals surface area (Å²) in [6, 6.07) is 6.96. The highest BCUT2D eigenvalue weighted by molar-refractivity contribution is 6.32. The first-order valence-electron chi connectivity index (χ1n) is 8.21. The predicted octanol–water partition coefficient (Wildman–Crippen LogP) is 2.68. The van der Waals surface area contributed by atoms with Crippen molar-refractivity contribution in [3.63, 3.8) is 0 Å². The lowest BCUT2D eigenvalue weighted by Gasteiger charge is -2.12. The van der Waals surface area contributed by atoms with E-state index in [9.17, 15) is 9.59 Å². The Morgan fingerprint density at radius 3 is 2.69 bits per heavy atom. The molecule has 7 nitrogen and oxygen atoms in total. The number of carbonyl (C=O) groups is 2. The average Bonchev–Trinajstić information content (AvgIpc) is 2.61. The van der Waals surface area contributed by atoms with Crippen molar-refractivity contribution in [2.75, 3.05) is 33.6 Å². The molecule has 1 rings (SSSR count). The Bertz CT molecular complexity index is 605. The molecule has 0 atom stereocenters. The Balaban J connectivity index is 2.51. The van der Waals surface area contributed by atoms with Crippen molar-refractivity contribution in [3.8, 4) is 5.75 Å². The van der Waals surface area contributed by atoms with Crippen molar-refractivity contribution in [2.24, 2.45) is 0 Å². The molecular formula is C18H24ClNO6. The smallest absolute Gasteiger partial charge is 0.334 e. The summed E-state index contributed by atoms with van der Waals surface area (Å²) >= 11 is 6.08. The molecule has 0 aliphatic heterocycles. The third kappa shape index (κ3) is 9.41. The summed E-state index contributed by atoms with van der Waals surface area (Å²) < 4.78 is 20.1. The molecule has 144 valence electrons. The van der Waals surface area contributed by atoms with Gasteiger partial charge in [-0.3, -0.25) is 4.79 Å². The lowest BCUT2D eigenvalue weighted by atomic mass is 10.3. The molecule has 0 saturated heterocycles. The summed E-state index contributed by atoms with van der Waals surface area (Å²) in [5, 5.41) is 3.53. The number of benzene rings is 1. The Hall–Kier alpha value is -2.09. The Morgan fingerprint density at radius 1 is 1.23 bits per heavy atom. The third-order valence-electron chi connectivity index (χ3n) is 3.01. The van der Waals surface area contributed by atoms with Crippen molar-refractivity contribution < 1.29 is 28.5 Å². The monoisotopic (exact) mass is 385 g/mol. The third-order valence-corrected chi connectivity index (χ3v) is 3.33. The minimum atomic E-state index is -0.500. The zero-order chi connectivity index (χ0) is 19.2. The molecule has 1 aromatic carbocycles. The van der Waals surface area contributed by atoms with E-state index in [-0.39, 0.29) is 32.3 Å². The van der Waals surface area contributed by atoms with Crippen molar-refractivity contribution in [1.82, 2.24) is 5.32 Å². The number of para-hydroxylation sites is 1. The molecule has 0 fully saturated rings. The van der Waals surface area contributed by atoms with Gasteiger partial charge in [0.1, 0.15) is 11.5 Å². The van der Waals surface area contributed by atoms with Gasteiger partial charge >= 0.3 is 11.9 Å². The van der Waals surface area contributed by atoms with E-state index in [4.69, 9.17) is 25.8 Å². The fourth-order valence-corrected chi connectivity index (χ4v) is 2.04. The van der Waals surface area contributed by atoms with Crippen LogP contribution in [0.5, 0.6) is 5.75 Å². The molecule has 0 radical (unpaired) electrons. The Morgan fingerprint density at radius 2 is 2.00 bits per heavy atom. The number of ether oxygens (including phenoxy) is 4. The van der Waals surface area contributed by atoms with Gasteiger partial charge in [-0.2, -0.15) is 0 Å². The molecule has 0 spiro atoms.